The lowest BCUT2D eigenvalue weighted by Gasteiger charge is -2.41. The van der Waals surface area contributed by atoms with Gasteiger partial charge in [-0.25, -0.2) is 4.98 Å². The third-order valence-electron chi connectivity index (χ3n) is 3.81. The Hall–Kier alpha value is -1.40. The van der Waals surface area contributed by atoms with E-state index in [1.54, 1.807) is 13.3 Å². The van der Waals surface area contributed by atoms with E-state index in [9.17, 15) is 4.79 Å². The second-order valence-corrected chi connectivity index (χ2v) is 5.20. The van der Waals surface area contributed by atoms with Crippen LogP contribution in [0.25, 0.3) is 0 Å². The predicted molar refractivity (Wildman–Crippen MR) is 71.3 cm³/mol. The van der Waals surface area contributed by atoms with Crippen molar-refractivity contribution in [2.45, 2.75) is 37.8 Å². The van der Waals surface area contributed by atoms with Crippen LogP contribution in [0.15, 0.2) is 12.4 Å². The number of carbonyl (C=O) groups is 1. The largest absolute Gasteiger partial charge is 0.377 e. The summed E-state index contributed by atoms with van der Waals surface area (Å²) in [5.74, 6) is 0.696. The second kappa shape index (κ2) is 6.16. The molecule has 106 valence electrons. The topological polar surface area (TPSA) is 84.2 Å². The van der Waals surface area contributed by atoms with Crippen LogP contribution < -0.4 is 5.73 Å². The number of carbonyl (C=O) groups excluding carboxylic acids is 1. The highest BCUT2D eigenvalue weighted by molar-refractivity contribution is 5.73. The first-order chi connectivity index (χ1) is 9.13. The van der Waals surface area contributed by atoms with Gasteiger partial charge in [-0.05, 0) is 25.8 Å². The van der Waals surface area contributed by atoms with Crippen LogP contribution in [-0.2, 0) is 16.1 Å². The zero-order chi connectivity index (χ0) is 13.7. The summed E-state index contributed by atoms with van der Waals surface area (Å²) in [6, 6.07) is 0. The number of imidazole rings is 1. The maximum absolute atomic E-state index is 11.0. The molecule has 1 aromatic rings. The van der Waals surface area contributed by atoms with Crippen molar-refractivity contribution in [1.82, 2.24) is 14.9 Å². The van der Waals surface area contributed by atoms with Crippen molar-refractivity contribution >= 4 is 5.91 Å². The van der Waals surface area contributed by atoms with Gasteiger partial charge in [-0.15, -0.1) is 0 Å². The molecule has 1 amide bonds. The molecule has 0 aliphatic carbocycles. The van der Waals surface area contributed by atoms with E-state index in [-0.39, 0.29) is 11.5 Å². The Morgan fingerprint density at radius 1 is 1.68 bits per heavy atom. The van der Waals surface area contributed by atoms with E-state index in [2.05, 4.69) is 14.9 Å². The molecule has 0 bridgehead atoms. The molecule has 1 unspecified atom stereocenters. The van der Waals surface area contributed by atoms with Crippen molar-refractivity contribution < 1.29 is 9.53 Å². The molecule has 2 rings (SSSR count). The van der Waals surface area contributed by atoms with E-state index in [0.717, 1.165) is 38.3 Å². The Morgan fingerprint density at radius 3 is 3.16 bits per heavy atom. The molecule has 2 heterocycles. The number of likely N-dealkylation sites (tertiary alicyclic amines) is 1. The lowest BCUT2D eigenvalue weighted by molar-refractivity contribution is -0.121. The van der Waals surface area contributed by atoms with Crippen molar-refractivity contribution in [3.63, 3.8) is 0 Å². The van der Waals surface area contributed by atoms with Crippen LogP contribution in [0.3, 0.4) is 0 Å². The molecule has 19 heavy (non-hydrogen) atoms. The number of aromatic amines is 1. The van der Waals surface area contributed by atoms with E-state index in [0.29, 0.717) is 12.8 Å². The van der Waals surface area contributed by atoms with Gasteiger partial charge in [0.15, 0.2) is 0 Å². The summed E-state index contributed by atoms with van der Waals surface area (Å²) in [4.78, 5) is 20.6. The number of amides is 1. The van der Waals surface area contributed by atoms with Gasteiger partial charge in [0.1, 0.15) is 5.82 Å². The van der Waals surface area contributed by atoms with Crippen LogP contribution in [0.5, 0.6) is 0 Å². The van der Waals surface area contributed by atoms with Crippen LogP contribution in [-0.4, -0.2) is 46.6 Å². The van der Waals surface area contributed by atoms with Crippen LogP contribution in [0.1, 0.15) is 31.5 Å². The minimum Gasteiger partial charge on any atom is -0.377 e. The van der Waals surface area contributed by atoms with Gasteiger partial charge in [-0.3, -0.25) is 9.69 Å². The number of ether oxygens (including phenoxy) is 1. The SMILES string of the molecule is COC1(CCC(N)=O)CCCN(Cc2ncc[nH]2)C1. The maximum Gasteiger partial charge on any atom is 0.217 e. The van der Waals surface area contributed by atoms with Crippen LogP contribution in [0.2, 0.25) is 0 Å². The second-order valence-electron chi connectivity index (χ2n) is 5.20. The number of hydrogen-bond acceptors (Lipinski definition) is 4. The van der Waals surface area contributed by atoms with Gasteiger partial charge in [0.25, 0.3) is 0 Å². The van der Waals surface area contributed by atoms with E-state index >= 15 is 0 Å². The van der Waals surface area contributed by atoms with E-state index in [4.69, 9.17) is 10.5 Å². The molecule has 6 heteroatoms. The zero-order valence-electron chi connectivity index (χ0n) is 11.4. The van der Waals surface area contributed by atoms with Crippen LogP contribution in [0, 0.1) is 0 Å². The lowest BCUT2D eigenvalue weighted by Crippen LogP contribution is -2.49. The molecule has 3 N–H and O–H groups in total. The fraction of sp³-hybridized carbons (Fsp3) is 0.692. The smallest absolute Gasteiger partial charge is 0.217 e. The first-order valence-electron chi connectivity index (χ1n) is 6.68. The van der Waals surface area contributed by atoms with Crippen molar-refractivity contribution in [3.05, 3.63) is 18.2 Å². The number of piperidine rings is 1. The normalized spacial score (nSPS) is 24.5. The maximum atomic E-state index is 11.0. The van der Waals surface area contributed by atoms with Crippen molar-refractivity contribution in [3.8, 4) is 0 Å². The molecule has 1 aliphatic rings. The number of nitrogens with zero attached hydrogens (tertiary/aromatic N) is 2. The Kier molecular flexibility index (Phi) is 4.55. The van der Waals surface area contributed by atoms with Crippen molar-refractivity contribution in [2.24, 2.45) is 5.73 Å². The molecule has 1 atom stereocenters. The number of hydrogen-bond donors (Lipinski definition) is 2. The third kappa shape index (κ3) is 3.78. The predicted octanol–water partition coefficient (Wildman–Crippen LogP) is 0.656. The summed E-state index contributed by atoms with van der Waals surface area (Å²) in [5, 5.41) is 0. The summed E-state index contributed by atoms with van der Waals surface area (Å²) in [7, 11) is 1.72. The average molecular weight is 266 g/mol. The summed E-state index contributed by atoms with van der Waals surface area (Å²) in [5.41, 5.74) is 4.99. The Bertz CT molecular complexity index is 407. The van der Waals surface area contributed by atoms with Gasteiger partial charge in [0.05, 0.1) is 12.1 Å². The van der Waals surface area contributed by atoms with E-state index < -0.39 is 0 Å². The fourth-order valence-corrected chi connectivity index (χ4v) is 2.75. The molecule has 1 fully saturated rings. The molecule has 0 saturated carbocycles. The van der Waals surface area contributed by atoms with Gasteiger partial charge < -0.3 is 15.5 Å². The average Bonchev–Trinajstić information content (AvgIpc) is 2.90. The standard InChI is InChI=1S/C13H22N4O2/c1-19-13(5-3-11(14)18)4-2-8-17(10-13)9-12-15-6-7-16-12/h6-7H,2-5,8-10H2,1H3,(H2,14,18)(H,15,16). The molecular weight excluding hydrogens is 244 g/mol. The minimum atomic E-state index is -0.264. The molecule has 0 radical (unpaired) electrons. The number of primary amides is 1. The summed E-state index contributed by atoms with van der Waals surface area (Å²) in [6.07, 6.45) is 6.69. The number of methoxy groups -OCH3 is 1. The van der Waals surface area contributed by atoms with Crippen molar-refractivity contribution in [2.75, 3.05) is 20.2 Å². The number of nitrogens with two attached hydrogens (primary N) is 1. The fourth-order valence-electron chi connectivity index (χ4n) is 2.75. The number of H-pyrrole nitrogens is 1. The highest BCUT2D eigenvalue weighted by Crippen LogP contribution is 2.29. The van der Waals surface area contributed by atoms with Crippen LogP contribution >= 0.6 is 0 Å². The highest BCUT2D eigenvalue weighted by atomic mass is 16.5. The molecule has 1 aromatic heterocycles. The first kappa shape index (κ1) is 14.0. The Morgan fingerprint density at radius 2 is 2.53 bits per heavy atom. The molecule has 6 nitrogen and oxygen atoms in total. The van der Waals surface area contributed by atoms with Gasteiger partial charge in [0, 0.05) is 32.5 Å². The zero-order valence-corrected chi connectivity index (χ0v) is 11.4. The summed E-state index contributed by atoms with van der Waals surface area (Å²) >= 11 is 0. The number of rotatable bonds is 6. The van der Waals surface area contributed by atoms with Gasteiger partial charge in [0.2, 0.25) is 5.91 Å². The van der Waals surface area contributed by atoms with E-state index in [1.165, 1.54) is 0 Å². The highest BCUT2D eigenvalue weighted by Gasteiger charge is 2.35. The summed E-state index contributed by atoms with van der Waals surface area (Å²) in [6.45, 7) is 2.63. The van der Waals surface area contributed by atoms with E-state index in [1.807, 2.05) is 6.20 Å². The monoisotopic (exact) mass is 266 g/mol. The number of aromatic nitrogens is 2. The molecule has 1 aliphatic heterocycles. The number of nitrogens with one attached hydrogen (secondary N) is 1. The van der Waals surface area contributed by atoms with Gasteiger partial charge in [-0.2, -0.15) is 0 Å². The quantitative estimate of drug-likeness (QED) is 0.792. The molecular formula is C13H22N4O2. The Balaban J connectivity index is 1.95. The molecule has 1 saturated heterocycles. The molecule has 0 aromatic carbocycles. The first-order valence-corrected chi connectivity index (χ1v) is 6.68. The van der Waals surface area contributed by atoms with Gasteiger partial charge in [-0.1, -0.05) is 0 Å². The van der Waals surface area contributed by atoms with Crippen molar-refractivity contribution in [1.29, 1.82) is 0 Å². The van der Waals surface area contributed by atoms with Gasteiger partial charge >= 0.3 is 0 Å². The van der Waals surface area contributed by atoms with Crippen LogP contribution in [0.4, 0.5) is 0 Å². The third-order valence-corrected chi connectivity index (χ3v) is 3.81. The summed E-state index contributed by atoms with van der Waals surface area (Å²) < 4.78 is 5.70. The minimum absolute atomic E-state index is 0.250. The lowest BCUT2D eigenvalue weighted by atomic mass is 9.88. The molecule has 0 spiro atoms. The Labute approximate surface area is 113 Å².